The van der Waals surface area contributed by atoms with Crippen LogP contribution >= 0.6 is 0 Å². The highest BCUT2D eigenvalue weighted by molar-refractivity contribution is 5.88. The quantitative estimate of drug-likeness (QED) is 0.769. The second-order valence-corrected chi connectivity index (χ2v) is 5.42. The van der Waals surface area contributed by atoms with Crippen molar-refractivity contribution in [3.05, 3.63) is 71.8 Å². The van der Waals surface area contributed by atoms with Crippen molar-refractivity contribution in [2.24, 2.45) is 5.92 Å². The highest BCUT2D eigenvalue weighted by Crippen LogP contribution is 2.40. The standard InChI is InChI=1S/C19H22O2/c1-4-21-18(20)19(15(2)3,16-11-7-5-8-12-16)17-13-9-6-10-14-17/h5-15H,4H2,1-3H3. The van der Waals surface area contributed by atoms with Gasteiger partial charge in [0, 0.05) is 0 Å². The molecule has 0 saturated heterocycles. The minimum atomic E-state index is -0.765. The van der Waals surface area contributed by atoms with Crippen LogP contribution < -0.4 is 0 Å². The summed E-state index contributed by atoms with van der Waals surface area (Å²) in [5, 5.41) is 0. The fourth-order valence-corrected chi connectivity index (χ4v) is 2.95. The maximum absolute atomic E-state index is 12.9. The lowest BCUT2D eigenvalue weighted by atomic mass is 9.67. The predicted molar refractivity (Wildman–Crippen MR) is 85.1 cm³/mol. The molecule has 0 spiro atoms. The molecule has 110 valence electrons. The fourth-order valence-electron chi connectivity index (χ4n) is 2.95. The Hall–Kier alpha value is -2.09. The third kappa shape index (κ3) is 2.71. The number of rotatable bonds is 5. The first-order valence-electron chi connectivity index (χ1n) is 7.42. The van der Waals surface area contributed by atoms with E-state index in [1.165, 1.54) is 0 Å². The van der Waals surface area contributed by atoms with Gasteiger partial charge in [-0.1, -0.05) is 74.5 Å². The number of ether oxygens (including phenoxy) is 1. The van der Waals surface area contributed by atoms with E-state index in [0.29, 0.717) is 6.61 Å². The van der Waals surface area contributed by atoms with Crippen molar-refractivity contribution in [1.29, 1.82) is 0 Å². The Morgan fingerprint density at radius 1 is 0.952 bits per heavy atom. The third-order valence-corrected chi connectivity index (χ3v) is 3.92. The first-order valence-corrected chi connectivity index (χ1v) is 7.42. The predicted octanol–water partition coefficient (Wildman–Crippen LogP) is 4.19. The third-order valence-electron chi connectivity index (χ3n) is 3.92. The smallest absolute Gasteiger partial charge is 0.321 e. The van der Waals surface area contributed by atoms with Gasteiger partial charge >= 0.3 is 5.97 Å². The normalized spacial score (nSPS) is 11.4. The van der Waals surface area contributed by atoms with Crippen molar-refractivity contribution < 1.29 is 9.53 Å². The van der Waals surface area contributed by atoms with Gasteiger partial charge in [-0.3, -0.25) is 4.79 Å². The van der Waals surface area contributed by atoms with Crippen LogP contribution in [-0.4, -0.2) is 12.6 Å². The largest absolute Gasteiger partial charge is 0.465 e. The molecule has 0 heterocycles. The van der Waals surface area contributed by atoms with Gasteiger partial charge in [0.2, 0.25) is 0 Å². The molecule has 0 atom stereocenters. The molecule has 2 rings (SSSR count). The average Bonchev–Trinajstić information content (AvgIpc) is 2.50. The summed E-state index contributed by atoms with van der Waals surface area (Å²) < 4.78 is 5.44. The molecular formula is C19H22O2. The van der Waals surface area contributed by atoms with Gasteiger partial charge in [0.25, 0.3) is 0 Å². The van der Waals surface area contributed by atoms with Crippen molar-refractivity contribution in [3.8, 4) is 0 Å². The summed E-state index contributed by atoms with van der Waals surface area (Å²) in [7, 11) is 0. The monoisotopic (exact) mass is 282 g/mol. The van der Waals surface area contributed by atoms with Crippen molar-refractivity contribution in [2.45, 2.75) is 26.2 Å². The molecule has 2 nitrogen and oxygen atoms in total. The van der Waals surface area contributed by atoms with Crippen LogP contribution in [-0.2, 0) is 14.9 Å². The second-order valence-electron chi connectivity index (χ2n) is 5.42. The van der Waals surface area contributed by atoms with Gasteiger partial charge in [0.15, 0.2) is 0 Å². The molecule has 0 aliphatic heterocycles. The molecule has 0 N–H and O–H groups in total. The van der Waals surface area contributed by atoms with Gasteiger partial charge in [-0.15, -0.1) is 0 Å². The van der Waals surface area contributed by atoms with E-state index in [0.717, 1.165) is 11.1 Å². The van der Waals surface area contributed by atoms with E-state index in [9.17, 15) is 4.79 Å². The number of hydrogen-bond acceptors (Lipinski definition) is 2. The van der Waals surface area contributed by atoms with Crippen LogP contribution in [0.3, 0.4) is 0 Å². The Morgan fingerprint density at radius 3 is 1.71 bits per heavy atom. The zero-order valence-corrected chi connectivity index (χ0v) is 12.9. The summed E-state index contributed by atoms with van der Waals surface area (Å²) in [5.41, 5.74) is 1.19. The highest BCUT2D eigenvalue weighted by atomic mass is 16.5. The molecule has 0 bridgehead atoms. The van der Waals surface area contributed by atoms with E-state index in [1.54, 1.807) is 0 Å². The molecule has 0 aromatic heterocycles. The summed E-state index contributed by atoms with van der Waals surface area (Å²) in [4.78, 5) is 12.9. The Labute approximate surface area is 126 Å². The molecule has 0 unspecified atom stereocenters. The van der Waals surface area contributed by atoms with E-state index in [2.05, 4.69) is 13.8 Å². The minimum Gasteiger partial charge on any atom is -0.465 e. The van der Waals surface area contributed by atoms with Crippen LogP contribution in [0.2, 0.25) is 0 Å². The van der Waals surface area contributed by atoms with Crippen molar-refractivity contribution in [1.82, 2.24) is 0 Å². The Kier molecular flexibility index (Phi) is 4.79. The molecule has 0 amide bonds. The van der Waals surface area contributed by atoms with E-state index >= 15 is 0 Å². The average molecular weight is 282 g/mol. The summed E-state index contributed by atoms with van der Waals surface area (Å²) in [5.74, 6) is -0.0984. The van der Waals surface area contributed by atoms with Gasteiger partial charge in [-0.2, -0.15) is 0 Å². The van der Waals surface area contributed by atoms with Crippen LogP contribution in [0.25, 0.3) is 0 Å². The molecular weight excluding hydrogens is 260 g/mol. The van der Waals surface area contributed by atoms with Crippen molar-refractivity contribution >= 4 is 5.97 Å². The number of esters is 1. The van der Waals surface area contributed by atoms with Crippen molar-refractivity contribution in [3.63, 3.8) is 0 Å². The van der Waals surface area contributed by atoms with Gasteiger partial charge in [-0.05, 0) is 24.0 Å². The second kappa shape index (κ2) is 6.57. The molecule has 0 aliphatic rings. The molecule has 2 aromatic rings. The molecule has 21 heavy (non-hydrogen) atoms. The van der Waals surface area contributed by atoms with E-state index in [1.807, 2.05) is 67.6 Å². The van der Waals surface area contributed by atoms with Crippen molar-refractivity contribution in [2.75, 3.05) is 6.61 Å². The molecule has 2 heteroatoms. The zero-order valence-electron chi connectivity index (χ0n) is 12.9. The topological polar surface area (TPSA) is 26.3 Å². The van der Waals surface area contributed by atoms with Crippen LogP contribution in [0.1, 0.15) is 31.9 Å². The lowest BCUT2D eigenvalue weighted by Gasteiger charge is -2.36. The molecule has 2 aromatic carbocycles. The molecule has 0 saturated carbocycles. The Bertz CT molecular complexity index is 534. The van der Waals surface area contributed by atoms with E-state index in [-0.39, 0.29) is 11.9 Å². The highest BCUT2D eigenvalue weighted by Gasteiger charge is 2.46. The molecule has 0 radical (unpaired) electrons. The maximum Gasteiger partial charge on any atom is 0.321 e. The van der Waals surface area contributed by atoms with Crippen LogP contribution in [0.4, 0.5) is 0 Å². The van der Waals surface area contributed by atoms with Gasteiger partial charge < -0.3 is 4.74 Å². The van der Waals surface area contributed by atoms with Gasteiger partial charge in [-0.25, -0.2) is 0 Å². The van der Waals surface area contributed by atoms with E-state index in [4.69, 9.17) is 4.74 Å². The zero-order chi connectivity index (χ0) is 15.3. The first kappa shape index (κ1) is 15.3. The van der Waals surface area contributed by atoms with Crippen LogP contribution in [0.5, 0.6) is 0 Å². The van der Waals surface area contributed by atoms with E-state index < -0.39 is 5.41 Å². The number of carbonyl (C=O) groups excluding carboxylic acids is 1. The van der Waals surface area contributed by atoms with Crippen LogP contribution in [0.15, 0.2) is 60.7 Å². The Morgan fingerprint density at radius 2 is 1.38 bits per heavy atom. The summed E-state index contributed by atoms with van der Waals surface area (Å²) in [6.45, 7) is 6.36. The molecule has 0 fully saturated rings. The summed E-state index contributed by atoms with van der Waals surface area (Å²) in [6.07, 6.45) is 0. The lowest BCUT2D eigenvalue weighted by Crippen LogP contribution is -2.43. The Balaban J connectivity index is 2.70. The maximum atomic E-state index is 12.9. The number of benzene rings is 2. The SMILES string of the molecule is CCOC(=O)C(c1ccccc1)(c1ccccc1)C(C)C. The first-order chi connectivity index (χ1) is 10.1. The molecule has 0 aliphatic carbocycles. The summed E-state index contributed by atoms with van der Waals surface area (Å²) in [6, 6.07) is 19.8. The minimum absolute atomic E-state index is 0.0846. The number of carbonyl (C=O) groups is 1. The lowest BCUT2D eigenvalue weighted by molar-refractivity contribution is -0.150. The number of hydrogen-bond donors (Lipinski definition) is 0. The van der Waals surface area contributed by atoms with Crippen LogP contribution in [0, 0.1) is 5.92 Å². The van der Waals surface area contributed by atoms with Gasteiger partial charge in [0.1, 0.15) is 5.41 Å². The fraction of sp³-hybridized carbons (Fsp3) is 0.316. The van der Waals surface area contributed by atoms with Gasteiger partial charge in [0.05, 0.1) is 6.61 Å². The summed E-state index contributed by atoms with van der Waals surface area (Å²) >= 11 is 0.